The maximum absolute atomic E-state index is 12.8. The molecule has 0 bridgehead atoms. The van der Waals surface area contributed by atoms with Crippen molar-refractivity contribution in [3.05, 3.63) is 59.7 Å². The summed E-state index contributed by atoms with van der Waals surface area (Å²) >= 11 is 2.90. The average Bonchev–Trinajstić information content (AvgIpc) is 3.10. The topological polar surface area (TPSA) is 54.9 Å². The number of halogens is 1. The smallest absolute Gasteiger partial charge is 0.234 e. The van der Waals surface area contributed by atoms with E-state index in [0.29, 0.717) is 10.7 Å². The Kier molecular flexibility index (Phi) is 4.99. The Morgan fingerprint density at radius 2 is 1.96 bits per heavy atom. The quantitative estimate of drug-likeness (QED) is 0.708. The molecule has 0 saturated carbocycles. The molecule has 23 heavy (non-hydrogen) atoms. The molecule has 0 saturated heterocycles. The summed E-state index contributed by atoms with van der Waals surface area (Å²) in [4.78, 5) is 12.9. The van der Waals surface area contributed by atoms with Crippen molar-refractivity contribution in [1.29, 1.82) is 0 Å². The Balaban J connectivity index is 1.53. The number of anilines is 1. The fourth-order valence-electron chi connectivity index (χ4n) is 1.82. The molecule has 1 aromatic carbocycles. The van der Waals surface area contributed by atoms with Gasteiger partial charge < -0.3 is 5.32 Å². The van der Waals surface area contributed by atoms with E-state index in [-0.39, 0.29) is 17.5 Å². The molecule has 1 N–H and O–H groups in total. The fourth-order valence-corrected chi connectivity index (χ4v) is 3.13. The van der Waals surface area contributed by atoms with E-state index in [1.165, 1.54) is 36.0 Å². The van der Waals surface area contributed by atoms with Crippen LogP contribution in [0.5, 0.6) is 0 Å². The Hall–Kier alpha value is -2.25. The molecular formula is C16H12FN3OS2. The van der Waals surface area contributed by atoms with Crippen molar-refractivity contribution in [3.63, 3.8) is 0 Å². The van der Waals surface area contributed by atoms with Gasteiger partial charge in [0.2, 0.25) is 5.91 Å². The van der Waals surface area contributed by atoms with Gasteiger partial charge in [0.15, 0.2) is 0 Å². The molecule has 7 heteroatoms. The van der Waals surface area contributed by atoms with Crippen LogP contribution in [-0.4, -0.2) is 21.9 Å². The first kappa shape index (κ1) is 15.6. The molecule has 2 heterocycles. The van der Waals surface area contributed by atoms with Crippen LogP contribution >= 0.6 is 23.1 Å². The summed E-state index contributed by atoms with van der Waals surface area (Å²) < 4.78 is 12.8. The molecule has 0 radical (unpaired) electrons. The first-order valence-electron chi connectivity index (χ1n) is 6.76. The highest BCUT2D eigenvalue weighted by molar-refractivity contribution is 7.99. The van der Waals surface area contributed by atoms with E-state index in [2.05, 4.69) is 15.5 Å². The molecule has 1 amide bonds. The predicted octanol–water partition coefficient (Wildman–Crippen LogP) is 4.08. The number of benzene rings is 1. The van der Waals surface area contributed by atoms with Crippen LogP contribution < -0.4 is 5.32 Å². The number of carbonyl (C=O) groups excluding carboxylic acids is 1. The van der Waals surface area contributed by atoms with Crippen LogP contribution in [0.2, 0.25) is 0 Å². The van der Waals surface area contributed by atoms with Crippen molar-refractivity contribution < 1.29 is 9.18 Å². The van der Waals surface area contributed by atoms with Gasteiger partial charge in [-0.2, -0.15) is 0 Å². The number of rotatable bonds is 5. The number of hydrogen-bond acceptors (Lipinski definition) is 5. The summed E-state index contributed by atoms with van der Waals surface area (Å²) in [5, 5.41) is 13.6. The third-order valence-corrected chi connectivity index (χ3v) is 4.71. The van der Waals surface area contributed by atoms with Gasteiger partial charge in [-0.1, -0.05) is 17.8 Å². The zero-order valence-electron chi connectivity index (χ0n) is 11.9. The van der Waals surface area contributed by atoms with Crippen molar-refractivity contribution in [2.75, 3.05) is 11.1 Å². The number of aromatic nitrogens is 2. The summed E-state index contributed by atoms with van der Waals surface area (Å²) in [6.07, 6.45) is 0. The third-order valence-electron chi connectivity index (χ3n) is 2.89. The zero-order chi connectivity index (χ0) is 16.1. The highest BCUT2D eigenvalue weighted by Crippen LogP contribution is 2.23. The lowest BCUT2D eigenvalue weighted by Crippen LogP contribution is -2.14. The number of carbonyl (C=O) groups is 1. The van der Waals surface area contributed by atoms with Crippen LogP contribution in [-0.2, 0) is 4.79 Å². The monoisotopic (exact) mass is 345 g/mol. The molecule has 3 aromatic rings. The number of nitrogens with one attached hydrogen (secondary N) is 1. The third kappa shape index (κ3) is 4.37. The average molecular weight is 345 g/mol. The van der Waals surface area contributed by atoms with Gasteiger partial charge in [0.05, 0.1) is 10.6 Å². The van der Waals surface area contributed by atoms with Crippen LogP contribution in [0, 0.1) is 5.82 Å². The number of nitrogens with zero attached hydrogens (tertiary/aromatic N) is 2. The molecule has 0 fully saturated rings. The van der Waals surface area contributed by atoms with Crippen molar-refractivity contribution in [1.82, 2.24) is 10.2 Å². The summed E-state index contributed by atoms with van der Waals surface area (Å²) in [5.41, 5.74) is 1.39. The van der Waals surface area contributed by atoms with Crippen molar-refractivity contribution in [2.24, 2.45) is 0 Å². The second-order valence-corrected chi connectivity index (χ2v) is 6.52. The Morgan fingerprint density at radius 3 is 2.61 bits per heavy atom. The maximum Gasteiger partial charge on any atom is 0.234 e. The van der Waals surface area contributed by atoms with E-state index in [1.54, 1.807) is 11.3 Å². The van der Waals surface area contributed by atoms with Crippen molar-refractivity contribution >= 4 is 34.7 Å². The molecule has 116 valence electrons. The summed E-state index contributed by atoms with van der Waals surface area (Å²) in [6, 6.07) is 13.3. The van der Waals surface area contributed by atoms with Crippen LogP contribution in [0.15, 0.2) is 58.9 Å². The molecule has 0 aliphatic heterocycles. The van der Waals surface area contributed by atoms with Gasteiger partial charge in [0.25, 0.3) is 0 Å². The summed E-state index contributed by atoms with van der Waals surface area (Å²) in [7, 11) is 0. The van der Waals surface area contributed by atoms with Gasteiger partial charge in [-0.05, 0) is 47.8 Å². The molecule has 4 nitrogen and oxygen atoms in total. The first-order valence-corrected chi connectivity index (χ1v) is 8.63. The molecule has 0 aliphatic rings. The van der Waals surface area contributed by atoms with E-state index in [4.69, 9.17) is 0 Å². The van der Waals surface area contributed by atoms with Gasteiger partial charge in [-0.15, -0.1) is 21.5 Å². The highest BCUT2D eigenvalue weighted by Gasteiger charge is 2.06. The molecule has 0 spiro atoms. The minimum atomic E-state index is -0.335. The van der Waals surface area contributed by atoms with E-state index < -0.39 is 0 Å². The highest BCUT2D eigenvalue weighted by atomic mass is 32.2. The SMILES string of the molecule is O=C(CSc1ccc(-c2cccs2)nn1)Nc1ccc(F)cc1. The molecule has 3 rings (SSSR count). The Labute approximate surface area is 140 Å². The lowest BCUT2D eigenvalue weighted by atomic mass is 10.3. The van der Waals surface area contributed by atoms with Gasteiger partial charge in [-0.3, -0.25) is 4.79 Å². The van der Waals surface area contributed by atoms with Crippen LogP contribution in [0.3, 0.4) is 0 Å². The van der Waals surface area contributed by atoms with Gasteiger partial charge in [0, 0.05) is 5.69 Å². The van der Waals surface area contributed by atoms with E-state index >= 15 is 0 Å². The Bertz CT molecular complexity index is 774. The first-order chi connectivity index (χ1) is 11.2. The standard InChI is InChI=1S/C16H12FN3OS2/c17-11-3-5-12(6-4-11)18-15(21)10-23-16-8-7-13(19-20-16)14-2-1-9-22-14/h1-9H,10H2,(H,18,21). The predicted molar refractivity (Wildman–Crippen MR) is 91.1 cm³/mol. The maximum atomic E-state index is 12.8. The second-order valence-electron chi connectivity index (χ2n) is 4.58. The van der Waals surface area contributed by atoms with Gasteiger partial charge in [-0.25, -0.2) is 4.39 Å². The molecular weight excluding hydrogens is 333 g/mol. The molecule has 0 aliphatic carbocycles. The second kappa shape index (κ2) is 7.34. The minimum absolute atomic E-state index is 0.175. The number of amides is 1. The van der Waals surface area contributed by atoms with Crippen LogP contribution in [0.25, 0.3) is 10.6 Å². The van der Waals surface area contributed by atoms with Gasteiger partial charge >= 0.3 is 0 Å². The molecule has 0 unspecified atom stereocenters. The van der Waals surface area contributed by atoms with Crippen molar-refractivity contribution in [2.45, 2.75) is 5.03 Å². The minimum Gasteiger partial charge on any atom is -0.325 e. The number of thiophene rings is 1. The largest absolute Gasteiger partial charge is 0.325 e. The van der Waals surface area contributed by atoms with E-state index in [0.717, 1.165) is 10.6 Å². The zero-order valence-corrected chi connectivity index (χ0v) is 13.5. The van der Waals surface area contributed by atoms with Crippen LogP contribution in [0.4, 0.5) is 10.1 Å². The van der Waals surface area contributed by atoms with E-state index in [9.17, 15) is 9.18 Å². The van der Waals surface area contributed by atoms with Crippen LogP contribution in [0.1, 0.15) is 0 Å². The van der Waals surface area contributed by atoms with Gasteiger partial charge in [0.1, 0.15) is 16.5 Å². The number of thioether (sulfide) groups is 1. The summed E-state index contributed by atoms with van der Waals surface area (Å²) in [5.74, 6) is -0.297. The van der Waals surface area contributed by atoms with Crippen molar-refractivity contribution in [3.8, 4) is 10.6 Å². The molecule has 2 aromatic heterocycles. The Morgan fingerprint density at radius 1 is 1.13 bits per heavy atom. The molecule has 0 atom stereocenters. The summed E-state index contributed by atoms with van der Waals surface area (Å²) in [6.45, 7) is 0. The fraction of sp³-hybridized carbons (Fsp3) is 0.0625. The lowest BCUT2D eigenvalue weighted by molar-refractivity contribution is -0.113. The normalized spacial score (nSPS) is 10.5. The number of hydrogen-bond donors (Lipinski definition) is 1. The van der Waals surface area contributed by atoms with E-state index in [1.807, 2.05) is 29.6 Å². The lowest BCUT2D eigenvalue weighted by Gasteiger charge is -2.04.